The second-order valence-electron chi connectivity index (χ2n) is 6.98. The molecule has 0 radical (unpaired) electrons. The van der Waals surface area contributed by atoms with Crippen LogP contribution in [-0.2, 0) is 27.2 Å². The molecule has 0 saturated carbocycles. The molecule has 1 N–H and O–H groups in total. The molecule has 0 aliphatic rings. The molecule has 0 bridgehead atoms. The molecule has 1 heterocycles. The predicted octanol–water partition coefficient (Wildman–Crippen LogP) is 2.89. The third-order valence-corrected chi connectivity index (χ3v) is 4.57. The van der Waals surface area contributed by atoms with E-state index in [1.165, 1.54) is 0 Å². The van der Waals surface area contributed by atoms with Crippen LogP contribution in [0.2, 0.25) is 0 Å². The Morgan fingerprint density at radius 1 is 1.00 bits per heavy atom. The van der Waals surface area contributed by atoms with Crippen LogP contribution >= 0.6 is 0 Å². The maximum Gasteiger partial charge on any atom is 0.306 e. The monoisotopic (exact) mass is 423 g/mol. The first-order valence-corrected chi connectivity index (χ1v) is 9.98. The second kappa shape index (κ2) is 10.9. The fourth-order valence-electron chi connectivity index (χ4n) is 2.78. The SMILES string of the molecule is COc1ccc(CCNC(=O)COC(=O)CCc2nnc(-c3ccc(C)cc3)o2)cc1. The van der Waals surface area contributed by atoms with Crippen LogP contribution in [0.3, 0.4) is 0 Å². The van der Waals surface area contributed by atoms with Gasteiger partial charge in [0.25, 0.3) is 5.91 Å². The number of nitrogens with zero attached hydrogens (tertiary/aromatic N) is 2. The summed E-state index contributed by atoms with van der Waals surface area (Å²) >= 11 is 0. The maximum absolute atomic E-state index is 11.9. The standard InChI is InChI=1S/C23H25N3O5/c1-16-3-7-18(8-4-16)23-26-25-21(31-23)11-12-22(28)30-15-20(27)24-14-13-17-5-9-19(29-2)10-6-17/h3-10H,11-15H2,1-2H3,(H,24,27). The minimum Gasteiger partial charge on any atom is -0.497 e. The van der Waals surface area contributed by atoms with Crippen LogP contribution in [0.1, 0.15) is 23.4 Å². The van der Waals surface area contributed by atoms with E-state index in [-0.39, 0.29) is 25.4 Å². The Bertz CT molecular complexity index is 997. The molecule has 0 atom stereocenters. The minimum absolute atomic E-state index is 0.0503. The number of methoxy groups -OCH3 is 1. The lowest BCUT2D eigenvalue weighted by molar-refractivity contribution is -0.148. The number of aryl methyl sites for hydroxylation is 2. The van der Waals surface area contributed by atoms with Gasteiger partial charge in [-0.2, -0.15) is 0 Å². The highest BCUT2D eigenvalue weighted by molar-refractivity contribution is 5.80. The van der Waals surface area contributed by atoms with Gasteiger partial charge >= 0.3 is 5.97 Å². The molecular weight excluding hydrogens is 398 g/mol. The summed E-state index contributed by atoms with van der Waals surface area (Å²) in [6, 6.07) is 15.3. The van der Waals surface area contributed by atoms with Gasteiger partial charge in [0.2, 0.25) is 11.8 Å². The number of hydrogen-bond acceptors (Lipinski definition) is 7. The first-order valence-electron chi connectivity index (χ1n) is 9.98. The van der Waals surface area contributed by atoms with Gasteiger partial charge < -0.3 is 19.2 Å². The molecule has 0 spiro atoms. The van der Waals surface area contributed by atoms with Crippen molar-refractivity contribution >= 4 is 11.9 Å². The van der Waals surface area contributed by atoms with Gasteiger partial charge in [-0.15, -0.1) is 10.2 Å². The van der Waals surface area contributed by atoms with E-state index in [2.05, 4.69) is 15.5 Å². The van der Waals surface area contributed by atoms with Crippen LogP contribution in [-0.4, -0.2) is 42.3 Å². The van der Waals surface area contributed by atoms with E-state index < -0.39 is 5.97 Å². The number of amides is 1. The maximum atomic E-state index is 11.9. The summed E-state index contributed by atoms with van der Waals surface area (Å²) in [6.07, 6.45) is 0.968. The lowest BCUT2D eigenvalue weighted by atomic mass is 10.1. The van der Waals surface area contributed by atoms with Gasteiger partial charge in [-0.25, -0.2) is 0 Å². The van der Waals surface area contributed by atoms with Gasteiger partial charge in [0.05, 0.1) is 13.5 Å². The Morgan fingerprint density at radius 3 is 2.45 bits per heavy atom. The molecule has 0 aliphatic carbocycles. The molecule has 1 amide bonds. The fourth-order valence-corrected chi connectivity index (χ4v) is 2.78. The van der Waals surface area contributed by atoms with Crippen molar-refractivity contribution in [1.29, 1.82) is 0 Å². The summed E-state index contributed by atoms with van der Waals surface area (Å²) in [5.41, 5.74) is 3.02. The smallest absolute Gasteiger partial charge is 0.306 e. The fraction of sp³-hybridized carbons (Fsp3) is 0.304. The van der Waals surface area contributed by atoms with Crippen molar-refractivity contribution in [3.8, 4) is 17.2 Å². The first kappa shape index (κ1) is 22.0. The summed E-state index contributed by atoms with van der Waals surface area (Å²) in [7, 11) is 1.61. The third-order valence-electron chi connectivity index (χ3n) is 4.57. The topological polar surface area (TPSA) is 104 Å². The van der Waals surface area contributed by atoms with Crippen LogP contribution in [0, 0.1) is 6.92 Å². The quantitative estimate of drug-likeness (QED) is 0.500. The van der Waals surface area contributed by atoms with E-state index in [4.69, 9.17) is 13.9 Å². The lowest BCUT2D eigenvalue weighted by Gasteiger charge is -2.07. The van der Waals surface area contributed by atoms with Crippen molar-refractivity contribution < 1.29 is 23.5 Å². The average Bonchev–Trinajstić information content (AvgIpc) is 3.26. The highest BCUT2D eigenvalue weighted by Gasteiger charge is 2.12. The van der Waals surface area contributed by atoms with Gasteiger partial charge in [-0.3, -0.25) is 9.59 Å². The van der Waals surface area contributed by atoms with Crippen LogP contribution < -0.4 is 10.1 Å². The summed E-state index contributed by atoms with van der Waals surface area (Å²) in [5, 5.41) is 10.7. The molecule has 0 aliphatic heterocycles. The molecule has 31 heavy (non-hydrogen) atoms. The van der Waals surface area contributed by atoms with Crippen molar-refractivity contribution in [1.82, 2.24) is 15.5 Å². The average molecular weight is 423 g/mol. The van der Waals surface area contributed by atoms with Crippen LogP contribution in [0.5, 0.6) is 5.75 Å². The number of carbonyl (C=O) groups is 2. The summed E-state index contributed by atoms with van der Waals surface area (Å²) < 4.78 is 15.7. The number of ether oxygens (including phenoxy) is 2. The van der Waals surface area contributed by atoms with Crippen molar-refractivity contribution in [2.75, 3.05) is 20.3 Å². The Labute approximate surface area is 180 Å². The lowest BCUT2D eigenvalue weighted by Crippen LogP contribution is -2.30. The Balaban J connectivity index is 1.33. The van der Waals surface area contributed by atoms with Crippen LogP contribution in [0.25, 0.3) is 11.5 Å². The zero-order valence-electron chi connectivity index (χ0n) is 17.6. The number of benzene rings is 2. The molecule has 3 rings (SSSR count). The van der Waals surface area contributed by atoms with E-state index in [9.17, 15) is 9.59 Å². The molecule has 2 aromatic carbocycles. The van der Waals surface area contributed by atoms with Gasteiger partial charge in [0.15, 0.2) is 6.61 Å². The van der Waals surface area contributed by atoms with E-state index >= 15 is 0 Å². The number of rotatable bonds is 10. The van der Waals surface area contributed by atoms with Crippen LogP contribution in [0.4, 0.5) is 0 Å². The molecule has 8 heteroatoms. The molecule has 162 valence electrons. The highest BCUT2D eigenvalue weighted by Crippen LogP contribution is 2.18. The molecule has 0 unspecified atom stereocenters. The first-order chi connectivity index (χ1) is 15.0. The molecule has 1 aromatic heterocycles. The minimum atomic E-state index is -0.500. The van der Waals surface area contributed by atoms with Gasteiger partial charge in [-0.1, -0.05) is 29.8 Å². The van der Waals surface area contributed by atoms with Crippen molar-refractivity contribution in [2.45, 2.75) is 26.2 Å². The van der Waals surface area contributed by atoms with E-state index in [1.807, 2.05) is 55.5 Å². The van der Waals surface area contributed by atoms with Crippen molar-refractivity contribution in [3.05, 3.63) is 65.5 Å². The van der Waals surface area contributed by atoms with E-state index in [0.29, 0.717) is 24.7 Å². The number of hydrogen-bond donors (Lipinski definition) is 1. The van der Waals surface area contributed by atoms with Crippen molar-refractivity contribution in [3.63, 3.8) is 0 Å². The van der Waals surface area contributed by atoms with Gasteiger partial charge in [-0.05, 0) is 43.2 Å². The Hall–Kier alpha value is -3.68. The molecular formula is C23H25N3O5. The predicted molar refractivity (Wildman–Crippen MR) is 113 cm³/mol. The zero-order valence-corrected chi connectivity index (χ0v) is 17.6. The molecule has 0 fully saturated rings. The molecule has 8 nitrogen and oxygen atoms in total. The highest BCUT2D eigenvalue weighted by atomic mass is 16.5. The van der Waals surface area contributed by atoms with Gasteiger partial charge in [0, 0.05) is 18.5 Å². The largest absolute Gasteiger partial charge is 0.497 e. The Morgan fingerprint density at radius 2 is 1.74 bits per heavy atom. The summed E-state index contributed by atoms with van der Waals surface area (Å²) in [4.78, 5) is 23.7. The number of aromatic nitrogens is 2. The molecule has 0 saturated heterocycles. The molecule has 3 aromatic rings. The zero-order chi connectivity index (χ0) is 22.1. The number of carbonyl (C=O) groups excluding carboxylic acids is 2. The summed E-state index contributed by atoms with van der Waals surface area (Å²) in [6.45, 7) is 2.13. The third kappa shape index (κ3) is 6.95. The number of esters is 1. The normalized spacial score (nSPS) is 10.5. The van der Waals surface area contributed by atoms with E-state index in [0.717, 1.165) is 22.4 Å². The Kier molecular flexibility index (Phi) is 7.75. The van der Waals surface area contributed by atoms with Crippen molar-refractivity contribution in [2.24, 2.45) is 0 Å². The second-order valence-corrected chi connectivity index (χ2v) is 6.98. The van der Waals surface area contributed by atoms with Crippen LogP contribution in [0.15, 0.2) is 52.9 Å². The van der Waals surface area contributed by atoms with E-state index in [1.54, 1.807) is 7.11 Å². The number of nitrogens with one attached hydrogen (secondary N) is 1. The summed E-state index contributed by atoms with van der Waals surface area (Å²) in [5.74, 6) is 0.685. The van der Waals surface area contributed by atoms with Gasteiger partial charge in [0.1, 0.15) is 5.75 Å².